The van der Waals surface area contributed by atoms with Crippen LogP contribution in [0.1, 0.15) is 50.5 Å². The van der Waals surface area contributed by atoms with Gasteiger partial charge in [0, 0.05) is 10.9 Å². The predicted octanol–water partition coefficient (Wildman–Crippen LogP) is 4.74. The van der Waals surface area contributed by atoms with Crippen molar-refractivity contribution in [1.82, 2.24) is 0 Å². The van der Waals surface area contributed by atoms with Crippen LogP contribution >= 0.6 is 0 Å². The van der Waals surface area contributed by atoms with Gasteiger partial charge in [0.1, 0.15) is 23.3 Å². The number of benzene rings is 1. The SMILES string of the molecule is CCC(CC)CC(O)c1oc2ccc(F)cc2c1C. The van der Waals surface area contributed by atoms with E-state index in [0.29, 0.717) is 23.7 Å². The van der Waals surface area contributed by atoms with Gasteiger partial charge in [-0.05, 0) is 37.5 Å². The van der Waals surface area contributed by atoms with Crippen LogP contribution in [0.4, 0.5) is 4.39 Å². The molecular weight excluding hydrogens is 243 g/mol. The summed E-state index contributed by atoms with van der Waals surface area (Å²) in [6, 6.07) is 4.45. The Morgan fingerprint density at radius 2 is 1.95 bits per heavy atom. The Kier molecular flexibility index (Phi) is 4.25. The molecule has 2 nitrogen and oxygen atoms in total. The molecule has 104 valence electrons. The predicted molar refractivity (Wildman–Crippen MR) is 74.6 cm³/mol. The van der Waals surface area contributed by atoms with Crippen molar-refractivity contribution in [3.63, 3.8) is 0 Å². The average Bonchev–Trinajstić information content (AvgIpc) is 2.73. The summed E-state index contributed by atoms with van der Waals surface area (Å²) >= 11 is 0. The summed E-state index contributed by atoms with van der Waals surface area (Å²) in [5.41, 5.74) is 1.48. The van der Waals surface area contributed by atoms with E-state index in [0.717, 1.165) is 23.8 Å². The van der Waals surface area contributed by atoms with E-state index in [1.54, 1.807) is 6.07 Å². The number of rotatable bonds is 5. The quantitative estimate of drug-likeness (QED) is 0.846. The van der Waals surface area contributed by atoms with Gasteiger partial charge in [-0.2, -0.15) is 0 Å². The van der Waals surface area contributed by atoms with Crippen molar-refractivity contribution in [2.45, 2.75) is 46.1 Å². The van der Waals surface area contributed by atoms with Crippen molar-refractivity contribution in [3.05, 3.63) is 35.3 Å². The smallest absolute Gasteiger partial charge is 0.136 e. The van der Waals surface area contributed by atoms with Gasteiger partial charge in [-0.1, -0.05) is 26.7 Å². The molecule has 0 amide bonds. The molecule has 0 spiro atoms. The van der Waals surface area contributed by atoms with Gasteiger partial charge in [0.05, 0.1) is 0 Å². The van der Waals surface area contributed by atoms with Crippen LogP contribution < -0.4 is 0 Å². The lowest BCUT2D eigenvalue weighted by molar-refractivity contribution is 0.118. The second kappa shape index (κ2) is 5.74. The van der Waals surface area contributed by atoms with E-state index in [2.05, 4.69) is 13.8 Å². The fourth-order valence-corrected chi connectivity index (χ4v) is 2.57. The first-order valence-electron chi connectivity index (χ1n) is 6.93. The summed E-state index contributed by atoms with van der Waals surface area (Å²) in [5.74, 6) is 0.782. The highest BCUT2D eigenvalue weighted by molar-refractivity contribution is 5.82. The molecule has 1 unspecified atom stereocenters. The zero-order valence-corrected chi connectivity index (χ0v) is 11.7. The molecule has 1 aromatic carbocycles. The summed E-state index contributed by atoms with van der Waals surface area (Å²) in [6.07, 6.45) is 2.17. The summed E-state index contributed by atoms with van der Waals surface area (Å²) in [4.78, 5) is 0. The van der Waals surface area contributed by atoms with Crippen LogP contribution in [0, 0.1) is 18.7 Å². The molecule has 0 aliphatic heterocycles. The Labute approximate surface area is 113 Å². The molecule has 3 heteroatoms. The maximum Gasteiger partial charge on any atom is 0.136 e. The van der Waals surface area contributed by atoms with Crippen molar-refractivity contribution < 1.29 is 13.9 Å². The van der Waals surface area contributed by atoms with Crippen LogP contribution in [0.25, 0.3) is 11.0 Å². The number of halogens is 1. The first kappa shape index (κ1) is 14.1. The van der Waals surface area contributed by atoms with Crippen molar-refractivity contribution in [1.29, 1.82) is 0 Å². The molecule has 2 rings (SSSR count). The van der Waals surface area contributed by atoms with E-state index in [-0.39, 0.29) is 5.82 Å². The number of hydrogen-bond donors (Lipinski definition) is 1. The van der Waals surface area contributed by atoms with Gasteiger partial charge in [0.2, 0.25) is 0 Å². The number of furan rings is 1. The van der Waals surface area contributed by atoms with E-state index in [1.807, 2.05) is 6.92 Å². The Bertz CT molecular complexity index is 555. The monoisotopic (exact) mass is 264 g/mol. The molecular formula is C16H21FO2. The van der Waals surface area contributed by atoms with Crippen LogP contribution in [0.15, 0.2) is 22.6 Å². The van der Waals surface area contributed by atoms with Crippen molar-refractivity contribution in [2.24, 2.45) is 5.92 Å². The summed E-state index contributed by atoms with van der Waals surface area (Å²) in [6.45, 7) is 6.13. The second-order valence-corrected chi connectivity index (χ2v) is 5.17. The Morgan fingerprint density at radius 3 is 2.58 bits per heavy atom. The lowest BCUT2D eigenvalue weighted by Gasteiger charge is -2.16. The van der Waals surface area contributed by atoms with Crippen LogP contribution in [-0.2, 0) is 0 Å². The second-order valence-electron chi connectivity index (χ2n) is 5.17. The van der Waals surface area contributed by atoms with E-state index in [4.69, 9.17) is 4.42 Å². The third kappa shape index (κ3) is 2.81. The van der Waals surface area contributed by atoms with Crippen molar-refractivity contribution >= 4 is 11.0 Å². The first-order chi connectivity index (χ1) is 9.06. The third-order valence-corrected chi connectivity index (χ3v) is 3.95. The highest BCUT2D eigenvalue weighted by atomic mass is 19.1. The van der Waals surface area contributed by atoms with Gasteiger partial charge in [-0.15, -0.1) is 0 Å². The van der Waals surface area contributed by atoms with Crippen LogP contribution in [0.3, 0.4) is 0 Å². The highest BCUT2D eigenvalue weighted by Crippen LogP contribution is 2.33. The summed E-state index contributed by atoms with van der Waals surface area (Å²) < 4.78 is 18.9. The van der Waals surface area contributed by atoms with Crippen molar-refractivity contribution in [2.75, 3.05) is 0 Å². The van der Waals surface area contributed by atoms with Gasteiger partial charge in [0.25, 0.3) is 0 Å². The largest absolute Gasteiger partial charge is 0.458 e. The summed E-state index contributed by atoms with van der Waals surface area (Å²) in [7, 11) is 0. The van der Waals surface area contributed by atoms with Crippen LogP contribution in [-0.4, -0.2) is 5.11 Å². The highest BCUT2D eigenvalue weighted by Gasteiger charge is 2.21. The molecule has 0 aliphatic rings. The average molecular weight is 264 g/mol. The zero-order chi connectivity index (χ0) is 14.0. The summed E-state index contributed by atoms with van der Waals surface area (Å²) in [5, 5.41) is 11.1. The fraction of sp³-hybridized carbons (Fsp3) is 0.500. The molecule has 1 heterocycles. The molecule has 0 saturated carbocycles. The van der Waals surface area contributed by atoms with Crippen LogP contribution in [0.5, 0.6) is 0 Å². The minimum absolute atomic E-state index is 0.280. The number of fused-ring (bicyclic) bond motifs is 1. The molecule has 19 heavy (non-hydrogen) atoms. The molecule has 0 aliphatic carbocycles. The van der Waals surface area contributed by atoms with Gasteiger partial charge >= 0.3 is 0 Å². The van der Waals surface area contributed by atoms with Crippen LogP contribution in [0.2, 0.25) is 0 Å². The molecule has 2 aromatic rings. The fourth-order valence-electron chi connectivity index (χ4n) is 2.57. The Hall–Kier alpha value is -1.35. The number of hydrogen-bond acceptors (Lipinski definition) is 2. The van der Waals surface area contributed by atoms with Gasteiger partial charge in [-0.25, -0.2) is 4.39 Å². The maximum absolute atomic E-state index is 13.2. The van der Waals surface area contributed by atoms with E-state index >= 15 is 0 Å². The maximum atomic E-state index is 13.2. The topological polar surface area (TPSA) is 33.4 Å². The van der Waals surface area contributed by atoms with Gasteiger partial charge in [-0.3, -0.25) is 0 Å². The zero-order valence-electron chi connectivity index (χ0n) is 11.7. The molecule has 1 atom stereocenters. The lowest BCUT2D eigenvalue weighted by atomic mass is 9.94. The Balaban J connectivity index is 2.32. The first-order valence-corrected chi connectivity index (χ1v) is 6.93. The number of aliphatic hydroxyl groups excluding tert-OH is 1. The Morgan fingerprint density at radius 1 is 1.26 bits per heavy atom. The van der Waals surface area contributed by atoms with Gasteiger partial charge in [0.15, 0.2) is 0 Å². The number of aliphatic hydroxyl groups is 1. The molecule has 0 saturated heterocycles. The third-order valence-electron chi connectivity index (χ3n) is 3.95. The van der Waals surface area contributed by atoms with E-state index < -0.39 is 6.10 Å². The van der Waals surface area contributed by atoms with E-state index in [9.17, 15) is 9.50 Å². The minimum atomic E-state index is -0.611. The standard InChI is InChI=1S/C16H21FO2/c1-4-11(5-2)8-14(18)16-10(3)13-9-12(17)6-7-15(13)19-16/h6-7,9,11,14,18H,4-5,8H2,1-3H3. The van der Waals surface area contributed by atoms with Crippen molar-refractivity contribution in [3.8, 4) is 0 Å². The lowest BCUT2D eigenvalue weighted by Crippen LogP contribution is -2.06. The molecule has 1 N–H and O–H groups in total. The minimum Gasteiger partial charge on any atom is -0.458 e. The molecule has 0 fully saturated rings. The molecule has 0 radical (unpaired) electrons. The van der Waals surface area contributed by atoms with E-state index in [1.165, 1.54) is 12.1 Å². The van der Waals surface area contributed by atoms with Gasteiger partial charge < -0.3 is 9.52 Å². The molecule has 0 bridgehead atoms. The molecule has 1 aromatic heterocycles. The normalized spacial score (nSPS) is 13.4. The number of aryl methyl sites for hydroxylation is 1.